The van der Waals surface area contributed by atoms with E-state index in [2.05, 4.69) is 39.8 Å². The quantitative estimate of drug-likeness (QED) is 0.863. The van der Waals surface area contributed by atoms with Gasteiger partial charge in [0.15, 0.2) is 0 Å². The van der Waals surface area contributed by atoms with E-state index in [-0.39, 0.29) is 5.91 Å². The minimum atomic E-state index is 0.0786. The van der Waals surface area contributed by atoms with Crippen molar-refractivity contribution in [3.05, 3.63) is 29.8 Å². The lowest BCUT2D eigenvalue weighted by Gasteiger charge is -2.33. The first-order chi connectivity index (χ1) is 9.19. The number of nitrogens with one attached hydrogen (secondary N) is 2. The Morgan fingerprint density at radius 3 is 2.42 bits per heavy atom. The van der Waals surface area contributed by atoms with Crippen LogP contribution in [-0.2, 0) is 11.3 Å². The summed E-state index contributed by atoms with van der Waals surface area (Å²) in [6, 6.07) is 9.06. The molecule has 1 heterocycles. The lowest BCUT2D eigenvalue weighted by atomic mass is 10.0. The van der Waals surface area contributed by atoms with Crippen LogP contribution < -0.4 is 15.5 Å². The van der Waals surface area contributed by atoms with Gasteiger partial charge in [-0.1, -0.05) is 12.1 Å². The predicted molar refractivity (Wildman–Crippen MR) is 78.3 cm³/mol. The molecule has 0 bridgehead atoms. The molecule has 1 aromatic carbocycles. The number of carbonyl (C=O) groups is 1. The number of piperidine rings is 1. The van der Waals surface area contributed by atoms with Crippen molar-refractivity contribution in [3.8, 4) is 0 Å². The van der Waals surface area contributed by atoms with Gasteiger partial charge in [0.1, 0.15) is 0 Å². The van der Waals surface area contributed by atoms with Crippen LogP contribution in [0.5, 0.6) is 0 Å². The fourth-order valence-corrected chi connectivity index (χ4v) is 2.60. The lowest BCUT2D eigenvalue weighted by molar-refractivity contribution is -0.119. The van der Waals surface area contributed by atoms with Crippen LogP contribution in [0.3, 0.4) is 0 Å². The van der Waals surface area contributed by atoms with Crippen LogP contribution in [-0.4, -0.2) is 32.1 Å². The first kappa shape index (κ1) is 13.9. The predicted octanol–water partition coefficient (Wildman–Crippen LogP) is 1.51. The minimum Gasteiger partial charge on any atom is -0.371 e. The molecule has 1 fully saturated rings. The highest BCUT2D eigenvalue weighted by molar-refractivity contribution is 5.73. The monoisotopic (exact) mass is 261 g/mol. The van der Waals surface area contributed by atoms with E-state index in [0.29, 0.717) is 6.04 Å². The van der Waals surface area contributed by atoms with Gasteiger partial charge in [-0.2, -0.15) is 0 Å². The number of amides is 1. The van der Waals surface area contributed by atoms with Crippen molar-refractivity contribution in [2.45, 2.75) is 32.4 Å². The third kappa shape index (κ3) is 3.96. The Bertz CT molecular complexity index is 408. The van der Waals surface area contributed by atoms with Crippen molar-refractivity contribution in [1.29, 1.82) is 0 Å². The maximum Gasteiger partial charge on any atom is 0.217 e. The van der Waals surface area contributed by atoms with Crippen molar-refractivity contribution in [2.75, 3.05) is 25.0 Å². The summed E-state index contributed by atoms with van der Waals surface area (Å²) < 4.78 is 0. The fraction of sp³-hybridized carbons (Fsp3) is 0.533. The summed E-state index contributed by atoms with van der Waals surface area (Å²) in [5, 5.41) is 6.16. The fourth-order valence-electron chi connectivity index (χ4n) is 2.60. The molecule has 0 unspecified atom stereocenters. The van der Waals surface area contributed by atoms with Crippen LogP contribution in [0.25, 0.3) is 0 Å². The molecule has 19 heavy (non-hydrogen) atoms. The van der Waals surface area contributed by atoms with Gasteiger partial charge in [-0.3, -0.25) is 4.79 Å². The van der Waals surface area contributed by atoms with Gasteiger partial charge in [-0.25, -0.2) is 0 Å². The first-order valence-electron chi connectivity index (χ1n) is 6.94. The molecule has 1 amide bonds. The van der Waals surface area contributed by atoms with E-state index in [0.717, 1.165) is 32.5 Å². The van der Waals surface area contributed by atoms with Crippen molar-refractivity contribution in [1.82, 2.24) is 10.6 Å². The molecule has 0 radical (unpaired) electrons. The maximum absolute atomic E-state index is 11.0. The molecular weight excluding hydrogens is 238 g/mol. The summed E-state index contributed by atoms with van der Waals surface area (Å²) in [4.78, 5) is 13.4. The van der Waals surface area contributed by atoms with Gasteiger partial charge >= 0.3 is 0 Å². The van der Waals surface area contributed by atoms with Gasteiger partial charge < -0.3 is 15.5 Å². The smallest absolute Gasteiger partial charge is 0.217 e. The average Bonchev–Trinajstić information content (AvgIpc) is 2.40. The van der Waals surface area contributed by atoms with Crippen LogP contribution >= 0.6 is 0 Å². The summed E-state index contributed by atoms with van der Waals surface area (Å²) in [6.07, 6.45) is 2.05. The van der Waals surface area contributed by atoms with E-state index in [4.69, 9.17) is 0 Å². The van der Waals surface area contributed by atoms with Gasteiger partial charge in [-0.15, -0.1) is 0 Å². The van der Waals surface area contributed by atoms with Crippen molar-refractivity contribution in [3.63, 3.8) is 0 Å². The number of anilines is 1. The largest absolute Gasteiger partial charge is 0.371 e. The van der Waals surface area contributed by atoms with Gasteiger partial charge in [0.05, 0.1) is 0 Å². The van der Waals surface area contributed by atoms with E-state index in [9.17, 15) is 4.79 Å². The molecule has 0 saturated carbocycles. The number of hydrogen-bond donors (Lipinski definition) is 2. The van der Waals surface area contributed by atoms with E-state index in [1.54, 1.807) is 6.92 Å². The molecule has 2 rings (SSSR count). The second-order valence-electron chi connectivity index (χ2n) is 5.16. The molecule has 0 atom stereocenters. The van der Waals surface area contributed by atoms with Crippen LogP contribution in [0.4, 0.5) is 5.69 Å². The Hall–Kier alpha value is -1.55. The Morgan fingerprint density at radius 2 is 1.89 bits per heavy atom. The Labute approximate surface area is 115 Å². The molecule has 4 heteroatoms. The van der Waals surface area contributed by atoms with Crippen LogP contribution in [0.2, 0.25) is 0 Å². The lowest BCUT2D eigenvalue weighted by Crippen LogP contribution is -2.44. The third-order valence-corrected chi connectivity index (χ3v) is 3.58. The van der Waals surface area contributed by atoms with E-state index < -0.39 is 0 Å². The highest BCUT2D eigenvalue weighted by Gasteiger charge is 2.19. The zero-order valence-electron chi connectivity index (χ0n) is 11.8. The van der Waals surface area contributed by atoms with E-state index in [1.165, 1.54) is 11.3 Å². The summed E-state index contributed by atoms with van der Waals surface area (Å²) >= 11 is 0. The van der Waals surface area contributed by atoms with Crippen LogP contribution in [0.1, 0.15) is 25.3 Å². The first-order valence-corrected chi connectivity index (χ1v) is 6.94. The zero-order valence-corrected chi connectivity index (χ0v) is 11.8. The second-order valence-corrected chi connectivity index (χ2v) is 5.16. The molecule has 0 aromatic heterocycles. The summed E-state index contributed by atoms with van der Waals surface area (Å²) in [7, 11) is 1.96. The van der Waals surface area contributed by atoms with Gasteiger partial charge in [0.2, 0.25) is 5.91 Å². The molecule has 2 N–H and O–H groups in total. The van der Waals surface area contributed by atoms with Crippen molar-refractivity contribution in [2.24, 2.45) is 0 Å². The van der Waals surface area contributed by atoms with Gasteiger partial charge in [0.25, 0.3) is 0 Å². The van der Waals surface area contributed by atoms with Crippen LogP contribution in [0, 0.1) is 0 Å². The number of nitrogens with zero attached hydrogens (tertiary/aromatic N) is 1. The summed E-state index contributed by atoms with van der Waals surface area (Å²) in [5.41, 5.74) is 2.58. The summed E-state index contributed by atoms with van der Waals surface area (Å²) in [5.74, 6) is 0.0786. The number of rotatable bonds is 4. The highest BCUT2D eigenvalue weighted by atomic mass is 16.1. The molecule has 1 aliphatic rings. The molecule has 1 aliphatic heterocycles. The SMILES string of the molecule is CNCc1ccc(N2CCC(NC(C)=O)CC2)cc1. The average molecular weight is 261 g/mol. The normalized spacial score (nSPS) is 16.4. The van der Waals surface area contributed by atoms with Crippen molar-refractivity contribution < 1.29 is 4.79 Å². The molecule has 0 spiro atoms. The van der Waals surface area contributed by atoms with E-state index in [1.807, 2.05) is 7.05 Å². The Balaban J connectivity index is 1.88. The number of hydrogen-bond acceptors (Lipinski definition) is 3. The van der Waals surface area contributed by atoms with E-state index >= 15 is 0 Å². The maximum atomic E-state index is 11.0. The minimum absolute atomic E-state index is 0.0786. The Morgan fingerprint density at radius 1 is 1.26 bits per heavy atom. The standard InChI is InChI=1S/C15H23N3O/c1-12(19)17-14-7-9-18(10-8-14)15-5-3-13(4-6-15)11-16-2/h3-6,14,16H,7-11H2,1-2H3,(H,17,19). The molecular formula is C15H23N3O. The van der Waals surface area contributed by atoms with Gasteiger partial charge in [0, 0.05) is 38.3 Å². The molecule has 1 saturated heterocycles. The molecule has 4 nitrogen and oxygen atoms in total. The molecule has 104 valence electrons. The van der Waals surface area contributed by atoms with Crippen molar-refractivity contribution >= 4 is 11.6 Å². The van der Waals surface area contributed by atoms with Gasteiger partial charge in [-0.05, 0) is 37.6 Å². The second kappa shape index (κ2) is 6.57. The highest BCUT2D eigenvalue weighted by Crippen LogP contribution is 2.20. The zero-order chi connectivity index (χ0) is 13.7. The number of carbonyl (C=O) groups excluding carboxylic acids is 1. The molecule has 0 aliphatic carbocycles. The Kier molecular flexibility index (Phi) is 4.80. The molecule has 1 aromatic rings. The third-order valence-electron chi connectivity index (χ3n) is 3.58. The number of benzene rings is 1. The summed E-state index contributed by atoms with van der Waals surface area (Å²) in [6.45, 7) is 4.52. The topological polar surface area (TPSA) is 44.4 Å². The van der Waals surface area contributed by atoms with Crippen LogP contribution in [0.15, 0.2) is 24.3 Å².